The van der Waals surface area contributed by atoms with Crippen molar-refractivity contribution < 1.29 is 14.6 Å². The molecule has 0 saturated carbocycles. The van der Waals surface area contributed by atoms with Crippen LogP contribution in [-0.2, 0) is 23.1 Å². The molecule has 2 rings (SSSR count). The van der Waals surface area contributed by atoms with Crippen LogP contribution in [0.15, 0.2) is 48.5 Å². The van der Waals surface area contributed by atoms with Crippen LogP contribution in [0.1, 0.15) is 57.2 Å². The van der Waals surface area contributed by atoms with E-state index < -0.39 is 12.1 Å². The van der Waals surface area contributed by atoms with Gasteiger partial charge in [0.05, 0.1) is 0 Å². The molecule has 0 spiro atoms. The first-order valence-electron chi connectivity index (χ1n) is 9.37. The van der Waals surface area contributed by atoms with Gasteiger partial charge < -0.3 is 9.84 Å². The van der Waals surface area contributed by atoms with Gasteiger partial charge in [0.15, 0.2) is 6.10 Å². The molecule has 2 aromatic rings. The van der Waals surface area contributed by atoms with Crippen LogP contribution in [0, 0.1) is 0 Å². The number of aliphatic carboxylic acids is 1. The van der Waals surface area contributed by atoms with Crippen molar-refractivity contribution in [1.29, 1.82) is 0 Å². The molecule has 0 amide bonds. The molecule has 140 valence electrons. The van der Waals surface area contributed by atoms with Gasteiger partial charge in [0.25, 0.3) is 0 Å². The summed E-state index contributed by atoms with van der Waals surface area (Å²) in [6.07, 6.45) is 2.87. The highest BCUT2D eigenvalue weighted by Crippen LogP contribution is 2.25. The largest absolute Gasteiger partial charge is 0.478 e. The summed E-state index contributed by atoms with van der Waals surface area (Å²) >= 11 is 0. The van der Waals surface area contributed by atoms with Crippen molar-refractivity contribution in [3.8, 4) is 5.75 Å². The van der Waals surface area contributed by atoms with Crippen LogP contribution in [0.4, 0.5) is 0 Å². The Morgan fingerprint density at radius 2 is 1.58 bits per heavy atom. The second-order valence-corrected chi connectivity index (χ2v) is 7.84. The molecule has 3 heteroatoms. The standard InChI is InChI=1S/C23H30O3/c1-5-6-7-17-8-10-18(11-9-17)16-21(22(24)25)26-20-14-12-19(13-15-20)23(2,3)4/h8-15,21H,5-7,16H2,1-4H3,(H,24,25)/t21-/m1/s1. The highest BCUT2D eigenvalue weighted by atomic mass is 16.5. The van der Waals surface area contributed by atoms with E-state index >= 15 is 0 Å². The van der Waals surface area contributed by atoms with Gasteiger partial charge >= 0.3 is 5.97 Å². The zero-order valence-electron chi connectivity index (χ0n) is 16.3. The summed E-state index contributed by atoms with van der Waals surface area (Å²) < 4.78 is 5.74. The van der Waals surface area contributed by atoms with Gasteiger partial charge in [-0.2, -0.15) is 0 Å². The predicted octanol–water partition coefficient (Wildman–Crippen LogP) is 5.40. The summed E-state index contributed by atoms with van der Waals surface area (Å²) in [5.41, 5.74) is 3.52. The quantitative estimate of drug-likeness (QED) is 0.690. The molecule has 0 aliphatic rings. The number of hydrogen-bond donors (Lipinski definition) is 1. The Hall–Kier alpha value is -2.29. The molecule has 0 saturated heterocycles. The Morgan fingerprint density at radius 3 is 2.08 bits per heavy atom. The Balaban J connectivity index is 2.03. The summed E-state index contributed by atoms with van der Waals surface area (Å²) in [6.45, 7) is 8.62. The van der Waals surface area contributed by atoms with Crippen molar-refractivity contribution in [2.24, 2.45) is 0 Å². The van der Waals surface area contributed by atoms with E-state index in [4.69, 9.17) is 4.74 Å². The van der Waals surface area contributed by atoms with Crippen LogP contribution in [-0.4, -0.2) is 17.2 Å². The maximum atomic E-state index is 11.6. The maximum Gasteiger partial charge on any atom is 0.345 e. The minimum atomic E-state index is -0.944. The number of aryl methyl sites for hydroxylation is 1. The van der Waals surface area contributed by atoms with Crippen molar-refractivity contribution in [3.05, 3.63) is 65.2 Å². The van der Waals surface area contributed by atoms with E-state index in [2.05, 4.69) is 39.8 Å². The molecular weight excluding hydrogens is 324 g/mol. The molecule has 2 aromatic carbocycles. The fourth-order valence-electron chi connectivity index (χ4n) is 2.81. The predicted molar refractivity (Wildman–Crippen MR) is 106 cm³/mol. The van der Waals surface area contributed by atoms with Gasteiger partial charge in [-0.25, -0.2) is 4.79 Å². The van der Waals surface area contributed by atoms with E-state index in [0.29, 0.717) is 12.2 Å². The van der Waals surface area contributed by atoms with E-state index in [0.717, 1.165) is 12.0 Å². The van der Waals surface area contributed by atoms with Gasteiger partial charge in [0.1, 0.15) is 5.75 Å². The molecular formula is C23H30O3. The minimum Gasteiger partial charge on any atom is -0.478 e. The van der Waals surface area contributed by atoms with E-state index in [1.54, 1.807) is 0 Å². The smallest absolute Gasteiger partial charge is 0.345 e. The minimum absolute atomic E-state index is 0.0598. The number of carboxylic acids is 1. The number of ether oxygens (including phenoxy) is 1. The lowest BCUT2D eigenvalue weighted by molar-refractivity contribution is -0.145. The summed E-state index contributed by atoms with van der Waals surface area (Å²) in [4.78, 5) is 11.6. The Morgan fingerprint density at radius 1 is 1.00 bits per heavy atom. The third-order valence-corrected chi connectivity index (χ3v) is 4.54. The summed E-state index contributed by atoms with van der Waals surface area (Å²) in [7, 11) is 0. The number of hydrogen-bond acceptors (Lipinski definition) is 2. The molecule has 0 aromatic heterocycles. The second-order valence-electron chi connectivity index (χ2n) is 7.84. The SMILES string of the molecule is CCCCc1ccc(C[C@@H](Oc2ccc(C(C)(C)C)cc2)C(=O)O)cc1. The first-order valence-corrected chi connectivity index (χ1v) is 9.37. The highest BCUT2D eigenvalue weighted by Gasteiger charge is 2.21. The van der Waals surface area contributed by atoms with Gasteiger partial charge in [0.2, 0.25) is 0 Å². The monoisotopic (exact) mass is 354 g/mol. The molecule has 0 aliphatic heterocycles. The van der Waals surface area contributed by atoms with Gasteiger partial charge in [-0.1, -0.05) is 70.5 Å². The molecule has 0 radical (unpaired) electrons. The van der Waals surface area contributed by atoms with Crippen LogP contribution in [0.3, 0.4) is 0 Å². The molecule has 1 atom stereocenters. The lowest BCUT2D eigenvalue weighted by Crippen LogP contribution is -2.29. The number of unbranched alkanes of at least 4 members (excludes halogenated alkanes) is 1. The number of rotatable bonds is 8. The van der Waals surface area contributed by atoms with Gasteiger partial charge in [-0.05, 0) is 47.1 Å². The third-order valence-electron chi connectivity index (χ3n) is 4.54. The Bertz CT molecular complexity index is 694. The van der Waals surface area contributed by atoms with Crippen molar-refractivity contribution in [2.75, 3.05) is 0 Å². The number of benzene rings is 2. The lowest BCUT2D eigenvalue weighted by atomic mass is 9.87. The number of carbonyl (C=O) groups is 1. The van der Waals surface area contributed by atoms with E-state index in [1.807, 2.05) is 36.4 Å². The third kappa shape index (κ3) is 5.91. The molecule has 0 aliphatic carbocycles. The summed E-state index contributed by atoms with van der Waals surface area (Å²) in [6, 6.07) is 15.9. The topological polar surface area (TPSA) is 46.5 Å². The molecule has 0 unspecified atom stereocenters. The molecule has 26 heavy (non-hydrogen) atoms. The van der Waals surface area contributed by atoms with Crippen LogP contribution in [0.25, 0.3) is 0 Å². The highest BCUT2D eigenvalue weighted by molar-refractivity contribution is 5.73. The lowest BCUT2D eigenvalue weighted by Gasteiger charge is -2.20. The van der Waals surface area contributed by atoms with Crippen LogP contribution in [0.5, 0.6) is 5.75 Å². The first-order chi connectivity index (χ1) is 12.3. The van der Waals surface area contributed by atoms with Crippen molar-refractivity contribution in [2.45, 2.75) is 64.9 Å². The van der Waals surface area contributed by atoms with E-state index in [-0.39, 0.29) is 5.41 Å². The van der Waals surface area contributed by atoms with E-state index in [9.17, 15) is 9.90 Å². The Labute approximate surface area is 157 Å². The molecule has 1 N–H and O–H groups in total. The Kier molecular flexibility index (Phi) is 6.84. The first kappa shape index (κ1) is 20.0. The average Bonchev–Trinajstić information content (AvgIpc) is 2.60. The van der Waals surface area contributed by atoms with Crippen molar-refractivity contribution in [1.82, 2.24) is 0 Å². The molecule has 0 bridgehead atoms. The zero-order valence-corrected chi connectivity index (χ0v) is 16.3. The number of carboxylic acid groups (broad SMARTS) is 1. The molecule has 0 fully saturated rings. The maximum absolute atomic E-state index is 11.6. The van der Waals surface area contributed by atoms with Crippen LogP contribution >= 0.6 is 0 Å². The summed E-state index contributed by atoms with van der Waals surface area (Å²) in [5, 5.41) is 9.53. The second kappa shape index (κ2) is 8.88. The van der Waals surface area contributed by atoms with E-state index in [1.165, 1.54) is 24.0 Å². The van der Waals surface area contributed by atoms with Gasteiger partial charge in [0, 0.05) is 6.42 Å². The van der Waals surface area contributed by atoms with Crippen molar-refractivity contribution >= 4 is 5.97 Å². The molecule has 3 nitrogen and oxygen atoms in total. The van der Waals surface area contributed by atoms with Gasteiger partial charge in [-0.3, -0.25) is 0 Å². The average molecular weight is 354 g/mol. The fraction of sp³-hybridized carbons (Fsp3) is 0.435. The normalized spacial score (nSPS) is 12.6. The van der Waals surface area contributed by atoms with Crippen LogP contribution in [0.2, 0.25) is 0 Å². The van der Waals surface area contributed by atoms with Gasteiger partial charge in [-0.15, -0.1) is 0 Å². The van der Waals surface area contributed by atoms with Crippen LogP contribution < -0.4 is 4.74 Å². The molecule has 0 heterocycles. The van der Waals surface area contributed by atoms with Crippen molar-refractivity contribution in [3.63, 3.8) is 0 Å². The fourth-order valence-corrected chi connectivity index (χ4v) is 2.81. The summed E-state index contributed by atoms with van der Waals surface area (Å²) in [5.74, 6) is -0.357. The zero-order chi connectivity index (χ0) is 19.2.